The van der Waals surface area contributed by atoms with Gasteiger partial charge in [0.25, 0.3) is 0 Å². The van der Waals surface area contributed by atoms with Crippen LogP contribution in [0.5, 0.6) is 0 Å². The summed E-state index contributed by atoms with van der Waals surface area (Å²) in [6.07, 6.45) is 5.89. The Labute approximate surface area is 97.3 Å². The second-order valence-corrected chi connectivity index (χ2v) is 4.12. The van der Waals surface area contributed by atoms with Gasteiger partial charge in [-0.2, -0.15) is 5.10 Å². The van der Waals surface area contributed by atoms with Crippen LogP contribution in [0.25, 0.3) is 0 Å². The summed E-state index contributed by atoms with van der Waals surface area (Å²) in [6.45, 7) is 0.610. The molecule has 0 atom stereocenters. The molecule has 0 amide bonds. The van der Waals surface area contributed by atoms with Gasteiger partial charge >= 0.3 is 0 Å². The number of nitrogens with zero attached hydrogens (tertiary/aromatic N) is 5. The van der Waals surface area contributed by atoms with E-state index >= 15 is 0 Å². The van der Waals surface area contributed by atoms with Crippen LogP contribution >= 0.6 is 11.8 Å². The van der Waals surface area contributed by atoms with Gasteiger partial charge < -0.3 is 5.73 Å². The minimum Gasteiger partial charge on any atom is -0.330 e. The third kappa shape index (κ3) is 2.56. The monoisotopic (exact) mass is 236 g/mol. The normalized spacial score (nSPS) is 10.6. The maximum atomic E-state index is 5.45. The summed E-state index contributed by atoms with van der Waals surface area (Å²) in [7, 11) is 1.83. The molecule has 0 aliphatic heterocycles. The van der Waals surface area contributed by atoms with Crippen molar-refractivity contribution in [1.82, 2.24) is 24.7 Å². The third-order valence-corrected chi connectivity index (χ3v) is 2.91. The predicted octanol–water partition coefficient (Wildman–Crippen LogP) is 0.257. The number of rotatable bonds is 4. The molecule has 84 valence electrons. The van der Waals surface area contributed by atoms with E-state index in [9.17, 15) is 0 Å². The number of hydrogen-bond acceptors (Lipinski definition) is 6. The molecule has 0 saturated carbocycles. The van der Waals surface area contributed by atoms with Crippen molar-refractivity contribution >= 4 is 11.8 Å². The van der Waals surface area contributed by atoms with Crippen LogP contribution in [0.2, 0.25) is 0 Å². The van der Waals surface area contributed by atoms with Crippen LogP contribution in [0.15, 0.2) is 29.0 Å². The minimum absolute atomic E-state index is 0.610. The largest absolute Gasteiger partial charge is 0.330 e. The van der Waals surface area contributed by atoms with Crippen molar-refractivity contribution in [2.75, 3.05) is 6.54 Å². The lowest BCUT2D eigenvalue weighted by molar-refractivity contribution is 0.683. The molecule has 0 unspecified atom stereocenters. The van der Waals surface area contributed by atoms with Crippen LogP contribution in [-0.4, -0.2) is 31.3 Å². The van der Waals surface area contributed by atoms with Crippen molar-refractivity contribution in [3.05, 3.63) is 24.3 Å². The Morgan fingerprint density at radius 1 is 1.31 bits per heavy atom. The van der Waals surface area contributed by atoms with Crippen LogP contribution in [-0.2, 0) is 13.5 Å². The molecule has 0 radical (unpaired) electrons. The Kier molecular flexibility index (Phi) is 3.47. The van der Waals surface area contributed by atoms with Crippen LogP contribution in [0, 0.1) is 0 Å². The first-order valence-electron chi connectivity index (χ1n) is 4.82. The van der Waals surface area contributed by atoms with Crippen molar-refractivity contribution in [3.63, 3.8) is 0 Å². The zero-order valence-corrected chi connectivity index (χ0v) is 9.68. The highest BCUT2D eigenvalue weighted by molar-refractivity contribution is 7.99. The SMILES string of the molecule is Cn1ncnc1Sc1ncc(CCN)cn1. The van der Waals surface area contributed by atoms with Crippen molar-refractivity contribution in [2.45, 2.75) is 16.7 Å². The van der Waals surface area contributed by atoms with Gasteiger partial charge in [-0.3, -0.25) is 0 Å². The second-order valence-electron chi connectivity index (χ2n) is 3.18. The third-order valence-electron chi connectivity index (χ3n) is 1.97. The molecule has 6 nitrogen and oxygen atoms in total. The van der Waals surface area contributed by atoms with Crippen LogP contribution < -0.4 is 5.73 Å². The summed E-state index contributed by atoms with van der Waals surface area (Å²) in [5.41, 5.74) is 6.49. The van der Waals surface area contributed by atoms with E-state index in [1.807, 2.05) is 7.05 Å². The summed E-state index contributed by atoms with van der Waals surface area (Å²) in [5, 5.41) is 5.41. The smallest absolute Gasteiger partial charge is 0.195 e. The maximum absolute atomic E-state index is 5.45. The summed E-state index contributed by atoms with van der Waals surface area (Å²) < 4.78 is 1.68. The molecule has 0 aliphatic carbocycles. The van der Waals surface area contributed by atoms with Crippen molar-refractivity contribution in [2.24, 2.45) is 12.8 Å². The number of nitrogens with two attached hydrogens (primary N) is 1. The number of aromatic nitrogens is 5. The Hall–Kier alpha value is -1.47. The standard InChI is InChI=1S/C9H12N6S/c1-15-9(13-6-14-15)16-8-11-4-7(2-3-10)5-12-8/h4-6H,2-3,10H2,1H3. The first-order valence-corrected chi connectivity index (χ1v) is 5.64. The van der Waals surface area contributed by atoms with Gasteiger partial charge in [0, 0.05) is 19.4 Å². The van der Waals surface area contributed by atoms with Crippen molar-refractivity contribution < 1.29 is 0 Å². The first kappa shape index (κ1) is 11.0. The summed E-state index contributed by atoms with van der Waals surface area (Å²) >= 11 is 1.38. The summed E-state index contributed by atoms with van der Waals surface area (Å²) in [5.74, 6) is 0. The lowest BCUT2D eigenvalue weighted by Gasteiger charge is -2.00. The summed E-state index contributed by atoms with van der Waals surface area (Å²) in [6, 6.07) is 0. The molecule has 2 N–H and O–H groups in total. The zero-order valence-electron chi connectivity index (χ0n) is 8.87. The first-order chi connectivity index (χ1) is 7.79. The van der Waals surface area contributed by atoms with E-state index in [-0.39, 0.29) is 0 Å². The van der Waals surface area contributed by atoms with Gasteiger partial charge in [0.05, 0.1) is 0 Å². The van der Waals surface area contributed by atoms with E-state index in [1.54, 1.807) is 17.1 Å². The lowest BCUT2D eigenvalue weighted by Crippen LogP contribution is -2.03. The second kappa shape index (κ2) is 5.04. The van der Waals surface area contributed by atoms with Crippen LogP contribution in [0.4, 0.5) is 0 Å². The maximum Gasteiger partial charge on any atom is 0.195 e. The number of aryl methyl sites for hydroxylation is 1. The molecule has 0 aromatic carbocycles. The van der Waals surface area contributed by atoms with Crippen molar-refractivity contribution in [3.8, 4) is 0 Å². The van der Waals surface area contributed by atoms with E-state index in [2.05, 4.69) is 20.1 Å². The molecule has 2 aromatic heterocycles. The lowest BCUT2D eigenvalue weighted by atomic mass is 10.2. The van der Waals surface area contributed by atoms with E-state index in [0.29, 0.717) is 11.7 Å². The highest BCUT2D eigenvalue weighted by atomic mass is 32.2. The van der Waals surface area contributed by atoms with E-state index in [1.165, 1.54) is 18.1 Å². The Morgan fingerprint density at radius 2 is 2.06 bits per heavy atom. The van der Waals surface area contributed by atoms with Gasteiger partial charge in [0.15, 0.2) is 10.3 Å². The fraction of sp³-hybridized carbons (Fsp3) is 0.333. The number of hydrogen-bond donors (Lipinski definition) is 1. The highest BCUT2D eigenvalue weighted by Crippen LogP contribution is 2.20. The van der Waals surface area contributed by atoms with Gasteiger partial charge in [-0.05, 0) is 30.3 Å². The molecule has 2 rings (SSSR count). The molecule has 0 saturated heterocycles. The van der Waals surface area contributed by atoms with Gasteiger partial charge in [-0.15, -0.1) is 0 Å². The molecule has 0 aliphatic rings. The quantitative estimate of drug-likeness (QED) is 0.767. The van der Waals surface area contributed by atoms with Gasteiger partial charge in [-0.1, -0.05) is 0 Å². The van der Waals surface area contributed by atoms with Gasteiger partial charge in [0.2, 0.25) is 0 Å². The topological polar surface area (TPSA) is 82.5 Å². The minimum atomic E-state index is 0.610. The Morgan fingerprint density at radius 3 is 2.62 bits per heavy atom. The fourth-order valence-corrected chi connectivity index (χ4v) is 1.80. The Bertz CT molecular complexity index is 451. The Balaban J connectivity index is 2.08. The molecular formula is C9H12N6S. The predicted molar refractivity (Wildman–Crippen MR) is 59.9 cm³/mol. The average molecular weight is 236 g/mol. The van der Waals surface area contributed by atoms with E-state index < -0.39 is 0 Å². The molecule has 0 spiro atoms. The molecule has 2 heterocycles. The molecule has 0 fully saturated rings. The molecular weight excluding hydrogens is 224 g/mol. The van der Waals surface area contributed by atoms with Gasteiger partial charge in [-0.25, -0.2) is 19.6 Å². The average Bonchev–Trinajstić information content (AvgIpc) is 2.68. The van der Waals surface area contributed by atoms with Crippen LogP contribution in [0.1, 0.15) is 5.56 Å². The zero-order chi connectivity index (χ0) is 11.4. The van der Waals surface area contributed by atoms with Crippen LogP contribution in [0.3, 0.4) is 0 Å². The summed E-state index contributed by atoms with van der Waals surface area (Å²) in [4.78, 5) is 12.5. The molecule has 7 heteroatoms. The van der Waals surface area contributed by atoms with Crippen molar-refractivity contribution in [1.29, 1.82) is 0 Å². The van der Waals surface area contributed by atoms with Gasteiger partial charge in [0.1, 0.15) is 6.33 Å². The highest BCUT2D eigenvalue weighted by Gasteiger charge is 2.05. The van der Waals surface area contributed by atoms with E-state index in [4.69, 9.17) is 5.73 Å². The van der Waals surface area contributed by atoms with E-state index in [0.717, 1.165) is 17.1 Å². The molecule has 16 heavy (non-hydrogen) atoms. The molecule has 2 aromatic rings. The fourth-order valence-electron chi connectivity index (χ4n) is 1.15. The molecule has 0 bridgehead atoms.